The van der Waals surface area contributed by atoms with Crippen molar-refractivity contribution in [3.63, 3.8) is 0 Å². The molecule has 0 unspecified atom stereocenters. The number of pyridine rings is 1. The molecule has 0 fully saturated rings. The molecule has 2 aromatic rings. The van der Waals surface area contributed by atoms with E-state index in [1.54, 1.807) is 0 Å². The third-order valence-electron chi connectivity index (χ3n) is 2.06. The molecule has 0 atom stereocenters. The van der Waals surface area contributed by atoms with Crippen LogP contribution in [-0.4, -0.2) is 44.0 Å². The van der Waals surface area contributed by atoms with Gasteiger partial charge in [0.2, 0.25) is 0 Å². The maximum atomic E-state index is 11.2. The number of imidazole rings is 1. The first-order valence-corrected chi connectivity index (χ1v) is 5.07. The molecule has 2 rings (SSSR count). The van der Waals surface area contributed by atoms with Gasteiger partial charge in [-0.1, -0.05) is 0 Å². The Hall–Kier alpha value is -1.57. The zero-order valence-electron chi connectivity index (χ0n) is 9.97. The zero-order valence-corrected chi connectivity index (χ0v) is 9.97. The number of carbonyl (C=O) groups is 2. The molecule has 0 aliphatic rings. The van der Waals surface area contributed by atoms with Gasteiger partial charge in [0.05, 0.1) is 0 Å². The van der Waals surface area contributed by atoms with E-state index in [1.165, 1.54) is 6.92 Å². The zero-order chi connectivity index (χ0) is 13.0. The second-order valence-electron chi connectivity index (χ2n) is 3.54. The number of nitrogens with zero attached hydrogens (tertiary/aromatic N) is 2. The summed E-state index contributed by atoms with van der Waals surface area (Å²) in [7, 11) is 0. The van der Waals surface area contributed by atoms with Gasteiger partial charge in [0, 0.05) is 6.92 Å². The first kappa shape index (κ1) is 13.5. The van der Waals surface area contributed by atoms with E-state index in [9.17, 15) is 4.79 Å². The number of ketones is 1. The predicted octanol–water partition coefficient (Wildman–Crippen LogP) is 0.422. The summed E-state index contributed by atoms with van der Waals surface area (Å²) in [6.45, 7) is 2.62. The van der Waals surface area contributed by atoms with Crippen molar-refractivity contribution in [3.8, 4) is 0 Å². The summed E-state index contributed by atoms with van der Waals surface area (Å²) in [5.41, 5.74) is 1.44. The van der Waals surface area contributed by atoms with Gasteiger partial charge in [0.1, 0.15) is 0 Å². The van der Waals surface area contributed by atoms with Gasteiger partial charge in [-0.3, -0.25) is 4.79 Å². The number of carboxylic acids is 1. The number of hydrogen-bond acceptors (Lipinski definition) is 3. The molecular weight excluding hydrogens is 215 g/mol. The van der Waals surface area contributed by atoms with Gasteiger partial charge in [0.15, 0.2) is 0 Å². The van der Waals surface area contributed by atoms with Crippen molar-refractivity contribution in [3.05, 3.63) is 30.1 Å². The monoisotopic (exact) mass is 226 g/mol. The molecule has 2 aromatic heterocycles. The number of hydrogen-bond donors (Lipinski definition) is 1. The minimum absolute atomic E-state index is 0.0109. The van der Waals surface area contributed by atoms with Crippen molar-refractivity contribution in [2.45, 2.75) is 13.8 Å². The van der Waals surface area contributed by atoms with Crippen molar-refractivity contribution in [1.29, 1.82) is 0 Å². The molecule has 5 nitrogen and oxygen atoms in total. The normalized spacial score (nSPS) is 9.65. The van der Waals surface area contributed by atoms with E-state index >= 15 is 0 Å². The number of aliphatic carboxylic acids is 1. The minimum atomic E-state index is -0.833. The van der Waals surface area contributed by atoms with Crippen molar-refractivity contribution >= 4 is 39.5 Å². The van der Waals surface area contributed by atoms with Crippen LogP contribution in [0.4, 0.5) is 0 Å². The van der Waals surface area contributed by atoms with Gasteiger partial charge in [0.25, 0.3) is 5.97 Å². The number of carboxylic acid groups (broad SMARTS) is 1. The van der Waals surface area contributed by atoms with Crippen LogP contribution in [0.25, 0.3) is 5.52 Å². The molecule has 0 aliphatic carbocycles. The molecule has 0 aliphatic heterocycles. The third kappa shape index (κ3) is 3.45. The summed E-state index contributed by atoms with van der Waals surface area (Å²) in [4.78, 5) is 24.4. The van der Waals surface area contributed by atoms with Crippen LogP contribution in [0.2, 0.25) is 0 Å². The fourth-order valence-electron chi connectivity index (χ4n) is 1.45. The van der Waals surface area contributed by atoms with Gasteiger partial charge >= 0.3 is 84.7 Å². The summed E-state index contributed by atoms with van der Waals surface area (Å²) < 4.78 is 2.76. The Kier molecular flexibility index (Phi) is 4.50. The van der Waals surface area contributed by atoms with Crippen LogP contribution >= 0.6 is 0 Å². The molecule has 17 heavy (non-hydrogen) atoms. The van der Waals surface area contributed by atoms with Gasteiger partial charge in [-0.25, -0.2) is 0 Å². The summed E-state index contributed by atoms with van der Waals surface area (Å²) in [6.07, 6.45) is 1.91. The van der Waals surface area contributed by atoms with Crippen LogP contribution in [-0.2, 0) is 4.79 Å². The van der Waals surface area contributed by atoms with Crippen LogP contribution in [0.15, 0.2) is 24.4 Å². The number of aromatic nitrogens is 2. The SMILES string of the molecule is CC(=O)O.[Li][c]1nc(C(C)=O)c2ccccn12. The Balaban J connectivity index is 0.000000317. The Morgan fingerprint density at radius 1 is 1.35 bits per heavy atom. The molecule has 6 heteroatoms. The Morgan fingerprint density at radius 3 is 2.47 bits per heavy atom. The van der Waals surface area contributed by atoms with Gasteiger partial charge in [-0.05, 0) is 0 Å². The second kappa shape index (κ2) is 5.67. The van der Waals surface area contributed by atoms with E-state index in [-0.39, 0.29) is 5.78 Å². The standard InChI is InChI=1S/C9H7N2O.C2H4O2.Li/c1-7(12)9-8-4-2-3-5-11(8)6-10-9;1-2(3)4;/h2-5H,1H3;1H3,(H,3,4);. The number of rotatable bonds is 1. The molecule has 1 N–H and O–H groups in total. The van der Waals surface area contributed by atoms with E-state index in [2.05, 4.69) is 4.98 Å². The van der Waals surface area contributed by atoms with Crippen molar-refractivity contribution < 1.29 is 14.7 Å². The molecular formula is C11H11LiN2O3. The number of Topliss-reactive ketones (excluding diaryl/α,β-unsaturated/α-hetero) is 1. The van der Waals surface area contributed by atoms with Crippen molar-refractivity contribution in [2.75, 3.05) is 0 Å². The second-order valence-corrected chi connectivity index (χ2v) is 3.54. The van der Waals surface area contributed by atoms with Crippen LogP contribution in [0.3, 0.4) is 0 Å². The first-order chi connectivity index (χ1) is 7.93. The topological polar surface area (TPSA) is 71.7 Å². The van der Waals surface area contributed by atoms with Gasteiger partial charge in [-0.15, -0.1) is 0 Å². The van der Waals surface area contributed by atoms with E-state index in [1.807, 2.05) is 46.5 Å². The van der Waals surface area contributed by atoms with E-state index < -0.39 is 5.97 Å². The molecule has 2 heterocycles. The average Bonchev–Trinajstić information content (AvgIpc) is 2.56. The number of fused-ring (bicyclic) bond motifs is 1. The summed E-state index contributed by atoms with van der Waals surface area (Å²) in [5, 5.41) is 7.42. The van der Waals surface area contributed by atoms with Crippen LogP contribution < -0.4 is 4.50 Å². The molecule has 84 valence electrons. The van der Waals surface area contributed by atoms with E-state index in [0.29, 0.717) is 5.69 Å². The van der Waals surface area contributed by atoms with Crippen molar-refractivity contribution in [1.82, 2.24) is 9.38 Å². The average molecular weight is 226 g/mol. The van der Waals surface area contributed by atoms with Gasteiger partial charge in [-0.2, -0.15) is 0 Å². The molecule has 0 aromatic carbocycles. The summed E-state index contributed by atoms with van der Waals surface area (Å²) in [5.74, 6) is -0.822. The fourth-order valence-corrected chi connectivity index (χ4v) is 1.45. The third-order valence-corrected chi connectivity index (χ3v) is 2.06. The van der Waals surface area contributed by atoms with Gasteiger partial charge < -0.3 is 5.11 Å². The van der Waals surface area contributed by atoms with Crippen LogP contribution in [0, 0.1) is 0 Å². The quantitative estimate of drug-likeness (QED) is 0.565. The molecule has 0 amide bonds. The predicted molar refractivity (Wildman–Crippen MR) is 63.9 cm³/mol. The Morgan fingerprint density at radius 2 is 1.94 bits per heavy atom. The van der Waals surface area contributed by atoms with Crippen molar-refractivity contribution in [2.24, 2.45) is 0 Å². The van der Waals surface area contributed by atoms with Crippen LogP contribution in [0.1, 0.15) is 24.3 Å². The summed E-state index contributed by atoms with van der Waals surface area (Å²) in [6, 6.07) is 5.73. The molecule has 0 saturated carbocycles. The number of carbonyl (C=O) groups excluding carboxylic acids is 1. The molecule has 0 spiro atoms. The maximum absolute atomic E-state index is 11.2. The Labute approximate surface area is 108 Å². The Bertz CT molecular complexity index is 559. The van der Waals surface area contributed by atoms with E-state index in [4.69, 9.17) is 9.90 Å². The van der Waals surface area contributed by atoms with E-state index in [0.717, 1.165) is 16.9 Å². The molecule has 0 radical (unpaired) electrons. The summed E-state index contributed by atoms with van der Waals surface area (Å²) >= 11 is 1.89. The first-order valence-electron chi connectivity index (χ1n) is 5.07. The van der Waals surface area contributed by atoms with Crippen LogP contribution in [0.5, 0.6) is 0 Å². The fraction of sp³-hybridized carbons (Fsp3) is 0.182. The molecule has 0 bridgehead atoms. The molecule has 0 saturated heterocycles.